The summed E-state index contributed by atoms with van der Waals surface area (Å²) in [5.41, 5.74) is 0.148. The third kappa shape index (κ3) is 2.51. The molecule has 0 fully saturated rings. The summed E-state index contributed by atoms with van der Waals surface area (Å²) in [7, 11) is 1.48. The lowest BCUT2D eigenvalue weighted by Gasteiger charge is -2.05. The normalized spacial score (nSPS) is 12.1. The molecule has 0 amide bonds. The summed E-state index contributed by atoms with van der Waals surface area (Å²) in [5.74, 6) is 0. The van der Waals surface area contributed by atoms with E-state index in [2.05, 4.69) is 21.0 Å². The van der Waals surface area contributed by atoms with Gasteiger partial charge in [0.25, 0.3) is 0 Å². The van der Waals surface area contributed by atoms with Gasteiger partial charge in [-0.25, -0.2) is 0 Å². The van der Waals surface area contributed by atoms with E-state index < -0.39 is 12.6 Å². The van der Waals surface area contributed by atoms with Gasteiger partial charge < -0.3 is 0 Å². The van der Waals surface area contributed by atoms with Gasteiger partial charge in [-0.15, -0.1) is 0 Å². The average Bonchev–Trinajstić information content (AvgIpc) is 2.06. The van der Waals surface area contributed by atoms with E-state index in [9.17, 15) is 13.2 Å². The maximum absolute atomic E-state index is 11.9. The van der Waals surface area contributed by atoms with Crippen molar-refractivity contribution in [3.63, 3.8) is 0 Å². The first-order chi connectivity index (χ1) is 5.38. The van der Waals surface area contributed by atoms with Crippen LogP contribution in [0.2, 0.25) is 0 Å². The fourth-order valence-corrected chi connectivity index (χ4v) is 1.34. The van der Waals surface area contributed by atoms with Crippen LogP contribution in [0.25, 0.3) is 0 Å². The largest absolute Gasteiger partial charge is 0.394 e. The summed E-state index contributed by atoms with van der Waals surface area (Å²) < 4.78 is 37.2. The lowest BCUT2D eigenvalue weighted by atomic mass is 10.3. The molecule has 1 heterocycles. The average molecular weight is 243 g/mol. The van der Waals surface area contributed by atoms with Crippen molar-refractivity contribution in [1.82, 2.24) is 9.78 Å². The molecule has 0 aliphatic heterocycles. The van der Waals surface area contributed by atoms with E-state index in [1.54, 1.807) is 0 Å². The topological polar surface area (TPSA) is 17.8 Å². The molecule has 0 N–H and O–H groups in total. The summed E-state index contributed by atoms with van der Waals surface area (Å²) in [6.07, 6.45) is -5.12. The quantitative estimate of drug-likeness (QED) is 0.739. The molecular formula is C6H6BrF3N2. The van der Waals surface area contributed by atoms with Crippen molar-refractivity contribution in [2.75, 3.05) is 0 Å². The zero-order valence-corrected chi connectivity index (χ0v) is 7.78. The minimum Gasteiger partial charge on any atom is -0.271 e. The van der Waals surface area contributed by atoms with Crippen LogP contribution >= 0.6 is 15.9 Å². The summed E-state index contributed by atoms with van der Waals surface area (Å²) in [5, 5.41) is 3.73. The second-order valence-corrected chi connectivity index (χ2v) is 3.19. The number of nitrogens with zero attached hydrogens (tertiary/aromatic N) is 2. The Hall–Kier alpha value is -0.520. The third-order valence-corrected chi connectivity index (χ3v) is 1.72. The van der Waals surface area contributed by atoms with Gasteiger partial charge >= 0.3 is 6.18 Å². The van der Waals surface area contributed by atoms with Crippen molar-refractivity contribution in [1.29, 1.82) is 0 Å². The van der Waals surface area contributed by atoms with Crippen LogP contribution in [0.1, 0.15) is 5.69 Å². The molecular weight excluding hydrogens is 237 g/mol. The SMILES string of the molecule is Cn1nc(Br)cc1CC(F)(F)F. The number of rotatable bonds is 1. The van der Waals surface area contributed by atoms with Gasteiger partial charge in [0, 0.05) is 12.7 Å². The van der Waals surface area contributed by atoms with E-state index in [1.165, 1.54) is 17.8 Å². The van der Waals surface area contributed by atoms with E-state index in [-0.39, 0.29) is 5.69 Å². The molecule has 68 valence electrons. The second-order valence-electron chi connectivity index (χ2n) is 2.37. The molecule has 0 aromatic carbocycles. The van der Waals surface area contributed by atoms with Crippen LogP contribution in [0, 0.1) is 0 Å². The number of halogens is 4. The van der Waals surface area contributed by atoms with Gasteiger partial charge in [0.15, 0.2) is 0 Å². The number of alkyl halides is 3. The Labute approximate surface area is 75.5 Å². The molecule has 1 aromatic rings. The maximum Gasteiger partial charge on any atom is 0.394 e. The Morgan fingerprint density at radius 3 is 2.50 bits per heavy atom. The van der Waals surface area contributed by atoms with Crippen LogP contribution in [0.15, 0.2) is 10.7 Å². The van der Waals surface area contributed by atoms with Crippen molar-refractivity contribution in [2.45, 2.75) is 12.6 Å². The standard InChI is InChI=1S/C6H6BrF3N2/c1-12-4(2-5(7)11-12)3-6(8,9)10/h2H,3H2,1H3. The van der Waals surface area contributed by atoms with Gasteiger partial charge in [-0.05, 0) is 22.0 Å². The zero-order valence-electron chi connectivity index (χ0n) is 6.19. The van der Waals surface area contributed by atoms with E-state index in [0.717, 1.165) is 0 Å². The molecule has 12 heavy (non-hydrogen) atoms. The number of hydrogen-bond donors (Lipinski definition) is 0. The molecule has 0 atom stereocenters. The molecule has 0 bridgehead atoms. The van der Waals surface area contributed by atoms with E-state index in [0.29, 0.717) is 4.60 Å². The lowest BCUT2D eigenvalue weighted by Crippen LogP contribution is -2.14. The van der Waals surface area contributed by atoms with Gasteiger partial charge in [0.05, 0.1) is 6.42 Å². The first-order valence-electron chi connectivity index (χ1n) is 3.13. The highest BCUT2D eigenvalue weighted by Crippen LogP contribution is 2.22. The van der Waals surface area contributed by atoms with Crippen LogP contribution in [-0.4, -0.2) is 16.0 Å². The highest BCUT2D eigenvalue weighted by molar-refractivity contribution is 9.10. The minimum atomic E-state index is -4.17. The van der Waals surface area contributed by atoms with Crippen LogP contribution < -0.4 is 0 Å². The van der Waals surface area contributed by atoms with Crippen molar-refractivity contribution < 1.29 is 13.2 Å². The van der Waals surface area contributed by atoms with Gasteiger partial charge in [-0.1, -0.05) is 0 Å². The van der Waals surface area contributed by atoms with E-state index in [1.807, 2.05) is 0 Å². The number of hydrogen-bond acceptors (Lipinski definition) is 1. The third-order valence-electron chi connectivity index (χ3n) is 1.33. The predicted molar refractivity (Wildman–Crippen MR) is 40.7 cm³/mol. The van der Waals surface area contributed by atoms with Crippen molar-refractivity contribution >= 4 is 15.9 Å². The Kier molecular flexibility index (Phi) is 2.46. The van der Waals surface area contributed by atoms with Gasteiger partial charge in [0.1, 0.15) is 4.60 Å². The molecule has 0 unspecified atom stereocenters. The molecule has 2 nitrogen and oxygen atoms in total. The number of aromatic nitrogens is 2. The van der Waals surface area contributed by atoms with E-state index in [4.69, 9.17) is 0 Å². The highest BCUT2D eigenvalue weighted by Gasteiger charge is 2.29. The summed E-state index contributed by atoms with van der Waals surface area (Å²) in [6, 6.07) is 1.35. The van der Waals surface area contributed by atoms with Crippen LogP contribution in [-0.2, 0) is 13.5 Å². The van der Waals surface area contributed by atoms with Crippen LogP contribution in [0.5, 0.6) is 0 Å². The molecule has 0 saturated carbocycles. The first kappa shape index (κ1) is 9.57. The monoisotopic (exact) mass is 242 g/mol. The zero-order chi connectivity index (χ0) is 9.35. The predicted octanol–water partition coefficient (Wildman–Crippen LogP) is 2.29. The van der Waals surface area contributed by atoms with Gasteiger partial charge in [-0.2, -0.15) is 18.3 Å². The minimum absolute atomic E-state index is 0.148. The Balaban J connectivity index is 2.82. The first-order valence-corrected chi connectivity index (χ1v) is 3.93. The molecule has 1 rings (SSSR count). The molecule has 0 saturated heterocycles. The van der Waals surface area contributed by atoms with Crippen molar-refractivity contribution in [2.24, 2.45) is 7.05 Å². The molecule has 1 aromatic heterocycles. The lowest BCUT2D eigenvalue weighted by molar-refractivity contribution is -0.128. The Morgan fingerprint density at radius 2 is 2.17 bits per heavy atom. The molecule has 0 aliphatic carbocycles. The van der Waals surface area contributed by atoms with Gasteiger partial charge in [0.2, 0.25) is 0 Å². The Morgan fingerprint density at radius 1 is 1.58 bits per heavy atom. The highest BCUT2D eigenvalue weighted by atomic mass is 79.9. The number of aryl methyl sites for hydroxylation is 1. The van der Waals surface area contributed by atoms with Crippen LogP contribution in [0.4, 0.5) is 13.2 Å². The summed E-state index contributed by atoms with van der Waals surface area (Å²) >= 11 is 2.99. The fourth-order valence-electron chi connectivity index (χ4n) is 0.838. The molecule has 0 spiro atoms. The molecule has 6 heteroatoms. The second kappa shape index (κ2) is 3.08. The van der Waals surface area contributed by atoms with E-state index >= 15 is 0 Å². The Bertz CT molecular complexity index is 279. The maximum atomic E-state index is 11.9. The molecule has 0 radical (unpaired) electrons. The van der Waals surface area contributed by atoms with Gasteiger partial charge in [-0.3, -0.25) is 4.68 Å². The van der Waals surface area contributed by atoms with Crippen molar-refractivity contribution in [3.8, 4) is 0 Å². The summed E-state index contributed by atoms with van der Waals surface area (Å²) in [4.78, 5) is 0. The van der Waals surface area contributed by atoms with Crippen molar-refractivity contribution in [3.05, 3.63) is 16.4 Å². The van der Waals surface area contributed by atoms with Crippen LogP contribution in [0.3, 0.4) is 0 Å². The fraction of sp³-hybridized carbons (Fsp3) is 0.500. The summed E-state index contributed by atoms with van der Waals surface area (Å²) in [6.45, 7) is 0. The smallest absolute Gasteiger partial charge is 0.271 e. The molecule has 0 aliphatic rings.